The fourth-order valence-electron chi connectivity index (χ4n) is 1.74. The van der Waals surface area contributed by atoms with Crippen molar-refractivity contribution in [1.29, 1.82) is 0 Å². The Labute approximate surface area is 133 Å². The maximum Gasteiger partial charge on any atom is 0.435 e. The van der Waals surface area contributed by atoms with Crippen molar-refractivity contribution in [1.82, 2.24) is 9.78 Å². The second-order valence-corrected chi connectivity index (χ2v) is 5.12. The van der Waals surface area contributed by atoms with E-state index in [1.165, 1.54) is 25.2 Å². The number of carbonyl (C=O) groups excluding carboxylic acids is 1. The number of carbonyl (C=O) groups is 1. The van der Waals surface area contributed by atoms with Gasteiger partial charge < -0.3 is 4.74 Å². The summed E-state index contributed by atoms with van der Waals surface area (Å²) in [4.78, 5) is 11.8. The van der Waals surface area contributed by atoms with Crippen molar-refractivity contribution in [3.8, 4) is 0 Å². The van der Waals surface area contributed by atoms with E-state index in [0.717, 1.165) is 4.68 Å². The third-order valence-electron chi connectivity index (χ3n) is 2.75. The average Bonchev–Trinajstić information content (AvgIpc) is 2.72. The molecule has 118 valence electrons. The van der Waals surface area contributed by atoms with Gasteiger partial charge in [0, 0.05) is 12.1 Å². The summed E-state index contributed by atoms with van der Waals surface area (Å²) in [5.74, 6) is -0.810. The van der Waals surface area contributed by atoms with E-state index in [1.807, 2.05) is 0 Å². The van der Waals surface area contributed by atoms with Crippen LogP contribution in [-0.2, 0) is 24.6 Å². The maximum absolute atomic E-state index is 12.8. The molecule has 0 atom stereocenters. The number of esters is 1. The summed E-state index contributed by atoms with van der Waals surface area (Å²) < 4.78 is 44.3. The smallest absolute Gasteiger partial charge is 0.435 e. The zero-order chi connectivity index (χ0) is 16.5. The van der Waals surface area contributed by atoms with E-state index in [4.69, 9.17) is 27.9 Å². The van der Waals surface area contributed by atoms with Crippen LogP contribution < -0.4 is 0 Å². The second-order valence-electron chi connectivity index (χ2n) is 4.33. The third-order valence-corrected chi connectivity index (χ3v) is 3.45. The lowest BCUT2D eigenvalue weighted by atomic mass is 10.2. The van der Waals surface area contributed by atoms with Gasteiger partial charge in [-0.1, -0.05) is 29.3 Å². The first-order chi connectivity index (χ1) is 10.2. The third kappa shape index (κ3) is 3.53. The molecule has 0 unspecified atom stereocenters. The molecule has 0 saturated carbocycles. The largest absolute Gasteiger partial charge is 0.457 e. The Bertz CT molecular complexity index is 714. The maximum atomic E-state index is 12.8. The number of hydrogen-bond acceptors (Lipinski definition) is 3. The van der Waals surface area contributed by atoms with Gasteiger partial charge in [-0.25, -0.2) is 4.79 Å². The standard InChI is InChI=1S/C13H9Cl2F3N2O2/c1-20-11(15)9(10(19-20)13(16,17)18)6-22-12(21)7-3-2-4-8(14)5-7/h2-5H,6H2,1H3. The summed E-state index contributed by atoms with van der Waals surface area (Å²) in [5.41, 5.74) is -1.45. The highest BCUT2D eigenvalue weighted by Gasteiger charge is 2.39. The van der Waals surface area contributed by atoms with Crippen molar-refractivity contribution in [3.05, 3.63) is 51.3 Å². The molecular formula is C13H9Cl2F3N2O2. The molecule has 1 heterocycles. The van der Waals surface area contributed by atoms with E-state index in [-0.39, 0.29) is 10.7 Å². The van der Waals surface area contributed by atoms with Gasteiger partial charge in [-0.2, -0.15) is 18.3 Å². The molecule has 1 aromatic carbocycles. The topological polar surface area (TPSA) is 44.1 Å². The van der Waals surface area contributed by atoms with Crippen molar-refractivity contribution >= 4 is 29.2 Å². The Kier molecular flexibility index (Phi) is 4.67. The van der Waals surface area contributed by atoms with Crippen LogP contribution in [0.1, 0.15) is 21.6 Å². The Morgan fingerprint density at radius 1 is 1.36 bits per heavy atom. The Balaban J connectivity index is 2.20. The van der Waals surface area contributed by atoms with E-state index >= 15 is 0 Å². The van der Waals surface area contributed by atoms with Gasteiger partial charge in [0.2, 0.25) is 0 Å². The number of nitrogens with zero attached hydrogens (tertiary/aromatic N) is 2. The second kappa shape index (κ2) is 6.18. The van der Waals surface area contributed by atoms with Crippen LogP contribution in [0, 0.1) is 0 Å². The van der Waals surface area contributed by atoms with Gasteiger partial charge in [-0.15, -0.1) is 0 Å². The van der Waals surface area contributed by atoms with Crippen molar-refractivity contribution in [2.75, 3.05) is 0 Å². The van der Waals surface area contributed by atoms with Gasteiger partial charge >= 0.3 is 12.1 Å². The molecule has 0 aliphatic heterocycles. The molecule has 0 fully saturated rings. The average molecular weight is 353 g/mol. The minimum absolute atomic E-state index is 0.126. The van der Waals surface area contributed by atoms with Gasteiger partial charge in [0.25, 0.3) is 0 Å². The van der Waals surface area contributed by atoms with Gasteiger partial charge in [-0.05, 0) is 18.2 Å². The highest BCUT2D eigenvalue weighted by atomic mass is 35.5. The van der Waals surface area contributed by atoms with Gasteiger partial charge in [-0.3, -0.25) is 4.68 Å². The Morgan fingerprint density at radius 2 is 2.05 bits per heavy atom. The molecule has 2 aromatic rings. The minimum atomic E-state index is -4.69. The van der Waals surface area contributed by atoms with Crippen LogP contribution >= 0.6 is 23.2 Å². The van der Waals surface area contributed by atoms with E-state index in [0.29, 0.717) is 5.02 Å². The van der Waals surface area contributed by atoms with Crippen LogP contribution in [0.4, 0.5) is 13.2 Å². The minimum Gasteiger partial charge on any atom is -0.457 e. The van der Waals surface area contributed by atoms with Crippen molar-refractivity contribution in [2.45, 2.75) is 12.8 Å². The number of halogens is 5. The molecule has 4 nitrogen and oxygen atoms in total. The fourth-order valence-corrected chi connectivity index (χ4v) is 2.11. The number of aryl methyl sites for hydroxylation is 1. The molecule has 2 rings (SSSR count). The highest BCUT2D eigenvalue weighted by Crippen LogP contribution is 2.34. The lowest BCUT2D eigenvalue weighted by Gasteiger charge is -2.08. The summed E-state index contributed by atoms with van der Waals surface area (Å²) in [7, 11) is 1.26. The number of ether oxygens (including phenoxy) is 1. The molecule has 0 spiro atoms. The Morgan fingerprint density at radius 3 is 2.64 bits per heavy atom. The van der Waals surface area contributed by atoms with Gasteiger partial charge in [0.05, 0.1) is 11.1 Å². The predicted molar refractivity (Wildman–Crippen MR) is 73.8 cm³/mol. The summed E-state index contributed by atoms with van der Waals surface area (Å²) in [6, 6.07) is 5.86. The van der Waals surface area contributed by atoms with Crippen molar-refractivity contribution in [2.24, 2.45) is 7.05 Å². The normalized spacial score (nSPS) is 11.5. The number of benzene rings is 1. The summed E-state index contributed by atoms with van der Waals surface area (Å²) in [6.45, 7) is -0.646. The number of alkyl halides is 3. The molecule has 0 saturated heterocycles. The molecule has 0 N–H and O–H groups in total. The van der Waals surface area contributed by atoms with E-state index < -0.39 is 30.0 Å². The first kappa shape index (κ1) is 16.6. The number of hydrogen-bond donors (Lipinski definition) is 0. The lowest BCUT2D eigenvalue weighted by molar-refractivity contribution is -0.142. The molecule has 0 radical (unpaired) electrons. The molecule has 0 bridgehead atoms. The lowest BCUT2D eigenvalue weighted by Crippen LogP contribution is -2.12. The summed E-state index contributed by atoms with van der Waals surface area (Å²) in [6.07, 6.45) is -4.69. The van der Waals surface area contributed by atoms with Crippen molar-refractivity contribution < 1.29 is 22.7 Å². The number of aromatic nitrogens is 2. The highest BCUT2D eigenvalue weighted by molar-refractivity contribution is 6.31. The SMILES string of the molecule is Cn1nc(C(F)(F)F)c(COC(=O)c2cccc(Cl)c2)c1Cl. The zero-order valence-electron chi connectivity index (χ0n) is 11.1. The molecule has 1 aromatic heterocycles. The fraction of sp³-hybridized carbons (Fsp3) is 0.231. The van der Waals surface area contributed by atoms with Crippen LogP contribution in [0.25, 0.3) is 0 Å². The quantitative estimate of drug-likeness (QED) is 0.781. The number of rotatable bonds is 3. The Hall–Kier alpha value is -1.73. The monoisotopic (exact) mass is 352 g/mol. The van der Waals surface area contributed by atoms with Crippen LogP contribution in [0.5, 0.6) is 0 Å². The van der Waals surface area contributed by atoms with Crippen LogP contribution in [-0.4, -0.2) is 15.7 Å². The first-order valence-electron chi connectivity index (χ1n) is 5.91. The first-order valence-corrected chi connectivity index (χ1v) is 6.67. The van der Waals surface area contributed by atoms with E-state index in [1.54, 1.807) is 6.07 Å². The van der Waals surface area contributed by atoms with E-state index in [2.05, 4.69) is 5.10 Å². The molecule has 0 aliphatic carbocycles. The van der Waals surface area contributed by atoms with Crippen LogP contribution in [0.2, 0.25) is 10.2 Å². The molecule has 0 aliphatic rings. The van der Waals surface area contributed by atoms with E-state index in [9.17, 15) is 18.0 Å². The summed E-state index contributed by atoms with van der Waals surface area (Å²) in [5, 5.41) is 3.36. The van der Waals surface area contributed by atoms with Crippen LogP contribution in [0.3, 0.4) is 0 Å². The molecule has 22 heavy (non-hydrogen) atoms. The predicted octanol–water partition coefficient (Wildman–Crippen LogP) is 4.10. The van der Waals surface area contributed by atoms with Gasteiger partial charge in [0.15, 0.2) is 5.69 Å². The van der Waals surface area contributed by atoms with Crippen molar-refractivity contribution in [3.63, 3.8) is 0 Å². The summed E-state index contributed by atoms with van der Waals surface area (Å²) >= 11 is 11.5. The van der Waals surface area contributed by atoms with Crippen LogP contribution in [0.15, 0.2) is 24.3 Å². The molecule has 0 amide bonds. The molecule has 9 heteroatoms. The zero-order valence-corrected chi connectivity index (χ0v) is 12.6. The van der Waals surface area contributed by atoms with Gasteiger partial charge in [0.1, 0.15) is 11.8 Å². The molecular weight excluding hydrogens is 344 g/mol.